The Hall–Kier alpha value is -1.62. The van der Waals surface area contributed by atoms with Gasteiger partial charge in [-0.25, -0.2) is 4.39 Å². The van der Waals surface area contributed by atoms with Gasteiger partial charge >= 0.3 is 0 Å². The molecule has 23 heavy (non-hydrogen) atoms. The normalized spacial score (nSPS) is 16.3. The van der Waals surface area contributed by atoms with Gasteiger partial charge in [0, 0.05) is 23.8 Å². The lowest BCUT2D eigenvalue weighted by molar-refractivity contribution is 0.141. The predicted molar refractivity (Wildman–Crippen MR) is 91.6 cm³/mol. The molecule has 0 radical (unpaired) electrons. The summed E-state index contributed by atoms with van der Waals surface area (Å²) >= 11 is 6.07. The Labute approximate surface area is 140 Å². The van der Waals surface area contributed by atoms with Crippen LogP contribution in [0.5, 0.6) is 0 Å². The van der Waals surface area contributed by atoms with Gasteiger partial charge in [0.1, 0.15) is 5.82 Å². The SMILES string of the molecule is CNC[C@@H](O)[C@H](c1cccc(F)c1)N1CCc2cc(Cl)ccc21. The standard InChI is InChI=1S/C18H20ClFN2O/c1-21-11-17(23)18(13-3-2-4-15(20)10-13)22-8-7-12-9-14(19)5-6-16(12)22/h2-6,9-10,17-18,21,23H,7-8,11H2,1H3/t17-,18+/m1/s1. The molecule has 0 aromatic heterocycles. The highest BCUT2D eigenvalue weighted by Gasteiger charge is 2.32. The molecule has 1 aliphatic rings. The maximum absolute atomic E-state index is 13.7. The summed E-state index contributed by atoms with van der Waals surface area (Å²) in [6.07, 6.45) is 0.219. The van der Waals surface area contributed by atoms with Crippen molar-refractivity contribution in [3.8, 4) is 0 Å². The maximum atomic E-state index is 13.7. The van der Waals surface area contributed by atoms with Crippen molar-refractivity contribution < 1.29 is 9.50 Å². The summed E-state index contributed by atoms with van der Waals surface area (Å²) in [5, 5.41) is 14.4. The second-order valence-electron chi connectivity index (χ2n) is 5.84. The number of benzene rings is 2. The minimum Gasteiger partial charge on any atom is -0.389 e. The van der Waals surface area contributed by atoms with E-state index in [9.17, 15) is 9.50 Å². The Morgan fingerprint density at radius 1 is 1.30 bits per heavy atom. The Morgan fingerprint density at radius 3 is 2.87 bits per heavy atom. The Balaban J connectivity index is 2.00. The van der Waals surface area contributed by atoms with E-state index in [-0.39, 0.29) is 11.9 Å². The zero-order valence-electron chi connectivity index (χ0n) is 13.0. The molecule has 3 rings (SSSR count). The van der Waals surface area contributed by atoms with E-state index in [1.807, 2.05) is 24.3 Å². The fourth-order valence-corrected chi connectivity index (χ4v) is 3.50. The van der Waals surface area contributed by atoms with E-state index >= 15 is 0 Å². The van der Waals surface area contributed by atoms with Crippen molar-refractivity contribution in [2.75, 3.05) is 25.0 Å². The Kier molecular flexibility index (Phi) is 4.85. The molecule has 2 N–H and O–H groups in total. The third-order valence-electron chi connectivity index (χ3n) is 4.28. The highest BCUT2D eigenvalue weighted by Crippen LogP contribution is 2.38. The molecular formula is C18H20ClFN2O. The minimum atomic E-state index is -0.650. The van der Waals surface area contributed by atoms with Gasteiger partial charge in [0.05, 0.1) is 12.1 Å². The fourth-order valence-electron chi connectivity index (χ4n) is 3.31. The van der Waals surface area contributed by atoms with Crippen LogP contribution in [0.15, 0.2) is 42.5 Å². The van der Waals surface area contributed by atoms with Crippen molar-refractivity contribution in [2.45, 2.75) is 18.6 Å². The van der Waals surface area contributed by atoms with Gasteiger partial charge in [-0.1, -0.05) is 23.7 Å². The number of aliphatic hydroxyl groups excluding tert-OH is 1. The largest absolute Gasteiger partial charge is 0.389 e. The second-order valence-corrected chi connectivity index (χ2v) is 6.28. The van der Waals surface area contributed by atoms with Crippen LogP contribution in [0.1, 0.15) is 17.2 Å². The summed E-state index contributed by atoms with van der Waals surface area (Å²) < 4.78 is 13.7. The average molecular weight is 335 g/mol. The van der Waals surface area contributed by atoms with Crippen molar-refractivity contribution in [3.05, 3.63) is 64.4 Å². The quantitative estimate of drug-likeness (QED) is 0.881. The molecule has 0 amide bonds. The number of anilines is 1. The van der Waals surface area contributed by atoms with Gasteiger partial charge in [-0.3, -0.25) is 0 Å². The van der Waals surface area contributed by atoms with Crippen LogP contribution in [0.4, 0.5) is 10.1 Å². The molecule has 2 atom stereocenters. The van der Waals surface area contributed by atoms with Crippen LogP contribution in [0, 0.1) is 5.82 Å². The minimum absolute atomic E-state index is 0.292. The highest BCUT2D eigenvalue weighted by atomic mass is 35.5. The van der Waals surface area contributed by atoms with Crippen molar-refractivity contribution in [1.29, 1.82) is 0 Å². The number of halogens is 2. The fraction of sp³-hybridized carbons (Fsp3) is 0.333. The summed E-state index contributed by atoms with van der Waals surface area (Å²) in [5.41, 5.74) is 2.99. The number of hydrogen-bond donors (Lipinski definition) is 2. The predicted octanol–water partition coefficient (Wildman–Crippen LogP) is 3.16. The number of likely N-dealkylation sites (N-methyl/N-ethyl adjacent to an activating group) is 1. The zero-order valence-corrected chi connectivity index (χ0v) is 13.7. The van der Waals surface area contributed by atoms with E-state index in [1.54, 1.807) is 13.1 Å². The molecule has 122 valence electrons. The first kappa shape index (κ1) is 16.2. The number of aliphatic hydroxyl groups is 1. The van der Waals surface area contributed by atoms with Crippen molar-refractivity contribution >= 4 is 17.3 Å². The molecule has 1 heterocycles. The molecule has 2 aromatic carbocycles. The lowest BCUT2D eigenvalue weighted by atomic mass is 9.99. The number of fused-ring (bicyclic) bond motifs is 1. The third-order valence-corrected chi connectivity index (χ3v) is 4.51. The van der Waals surface area contributed by atoms with E-state index in [2.05, 4.69) is 10.2 Å². The Bertz CT molecular complexity index is 694. The molecule has 0 fully saturated rings. The molecule has 2 aromatic rings. The number of nitrogens with one attached hydrogen (secondary N) is 1. The molecule has 0 saturated carbocycles. The van der Waals surface area contributed by atoms with Crippen molar-refractivity contribution in [3.63, 3.8) is 0 Å². The summed E-state index contributed by atoms with van der Waals surface area (Å²) in [6, 6.07) is 11.9. The summed E-state index contributed by atoms with van der Waals surface area (Å²) in [6.45, 7) is 1.21. The maximum Gasteiger partial charge on any atom is 0.123 e. The van der Waals surface area contributed by atoms with Crippen LogP contribution in [0.25, 0.3) is 0 Å². The van der Waals surface area contributed by atoms with Gasteiger partial charge in [-0.05, 0) is 54.9 Å². The van der Waals surface area contributed by atoms with Crippen LogP contribution in [-0.2, 0) is 6.42 Å². The first-order valence-corrected chi connectivity index (χ1v) is 8.11. The molecule has 0 unspecified atom stereocenters. The summed E-state index contributed by atoms with van der Waals surface area (Å²) in [4.78, 5) is 2.14. The Morgan fingerprint density at radius 2 is 2.13 bits per heavy atom. The van der Waals surface area contributed by atoms with E-state index in [4.69, 9.17) is 11.6 Å². The number of nitrogens with zero attached hydrogens (tertiary/aromatic N) is 1. The first-order valence-electron chi connectivity index (χ1n) is 7.73. The van der Waals surface area contributed by atoms with Gasteiger partial charge in [0.15, 0.2) is 0 Å². The molecule has 3 nitrogen and oxygen atoms in total. The lowest BCUT2D eigenvalue weighted by Gasteiger charge is -2.34. The topological polar surface area (TPSA) is 35.5 Å². The van der Waals surface area contributed by atoms with Crippen LogP contribution < -0.4 is 10.2 Å². The third kappa shape index (κ3) is 3.34. The van der Waals surface area contributed by atoms with Crippen LogP contribution >= 0.6 is 11.6 Å². The van der Waals surface area contributed by atoms with Gasteiger partial charge in [-0.15, -0.1) is 0 Å². The first-order chi connectivity index (χ1) is 11.1. The molecule has 0 bridgehead atoms. The molecule has 0 saturated heterocycles. The van der Waals surface area contributed by atoms with E-state index in [1.165, 1.54) is 12.1 Å². The lowest BCUT2D eigenvalue weighted by Crippen LogP contribution is -2.40. The molecular weight excluding hydrogens is 315 g/mol. The highest BCUT2D eigenvalue weighted by molar-refractivity contribution is 6.30. The molecule has 0 spiro atoms. The van der Waals surface area contributed by atoms with Crippen molar-refractivity contribution in [1.82, 2.24) is 5.32 Å². The van der Waals surface area contributed by atoms with Crippen LogP contribution in [0.2, 0.25) is 5.02 Å². The number of hydrogen-bond acceptors (Lipinski definition) is 3. The monoisotopic (exact) mass is 334 g/mol. The summed E-state index contributed by atoms with van der Waals surface area (Å²) in [7, 11) is 1.80. The smallest absolute Gasteiger partial charge is 0.123 e. The van der Waals surface area contributed by atoms with Gasteiger partial charge < -0.3 is 15.3 Å². The number of rotatable bonds is 5. The van der Waals surface area contributed by atoms with E-state index < -0.39 is 6.10 Å². The second kappa shape index (κ2) is 6.87. The van der Waals surface area contributed by atoms with Crippen molar-refractivity contribution in [2.24, 2.45) is 0 Å². The summed E-state index contributed by atoms with van der Waals surface area (Å²) in [5.74, 6) is -0.292. The van der Waals surface area contributed by atoms with Crippen LogP contribution in [0.3, 0.4) is 0 Å². The molecule has 0 aliphatic carbocycles. The zero-order chi connectivity index (χ0) is 16.4. The molecule has 5 heteroatoms. The van der Waals surface area contributed by atoms with Gasteiger partial charge in [-0.2, -0.15) is 0 Å². The van der Waals surface area contributed by atoms with Gasteiger partial charge in [0.2, 0.25) is 0 Å². The van der Waals surface area contributed by atoms with Gasteiger partial charge in [0.25, 0.3) is 0 Å². The van der Waals surface area contributed by atoms with Crippen LogP contribution in [-0.4, -0.2) is 31.3 Å². The molecule has 1 aliphatic heterocycles. The van der Waals surface area contributed by atoms with E-state index in [0.717, 1.165) is 29.8 Å². The van der Waals surface area contributed by atoms with E-state index in [0.29, 0.717) is 11.6 Å². The average Bonchev–Trinajstić information content (AvgIpc) is 2.91.